The minimum Gasteiger partial charge on any atom is -0.395 e. The number of carbonyl (C=O) groups excluding carboxylic acids is 1. The number of hydrogen-bond donors (Lipinski definition) is 15. The van der Waals surface area contributed by atoms with Crippen LogP contribution in [0.15, 0.2) is 0 Å². The third kappa shape index (κ3) is 7.74. The minimum absolute atomic E-state index is 0.0140. The zero-order valence-corrected chi connectivity index (χ0v) is 24.4. The van der Waals surface area contributed by atoms with Gasteiger partial charge < -0.3 is 98.5 Å². The molecule has 4 aliphatic rings. The van der Waals surface area contributed by atoms with Gasteiger partial charge in [0.2, 0.25) is 0 Å². The summed E-state index contributed by atoms with van der Waals surface area (Å²) in [4.78, 5) is 12.9. The van der Waals surface area contributed by atoms with Crippen molar-refractivity contribution in [3.63, 3.8) is 0 Å². The fourth-order valence-electron chi connectivity index (χ4n) is 5.78. The van der Waals surface area contributed by atoms with Gasteiger partial charge in [0, 0.05) is 37.6 Å². The van der Waals surface area contributed by atoms with E-state index in [1.165, 1.54) is 0 Å². The molecule has 0 aromatic carbocycles. The average Bonchev–Trinajstić information content (AvgIpc) is 3.64. The van der Waals surface area contributed by atoms with Crippen molar-refractivity contribution >= 4 is 5.91 Å². The van der Waals surface area contributed by atoms with Crippen LogP contribution in [-0.4, -0.2) is 188 Å². The molecule has 4 fully saturated rings. The van der Waals surface area contributed by atoms with Gasteiger partial charge in [-0.25, -0.2) is 0 Å². The van der Waals surface area contributed by atoms with Gasteiger partial charge in [-0.3, -0.25) is 4.79 Å². The van der Waals surface area contributed by atoms with E-state index in [9.17, 15) is 45.6 Å². The van der Waals surface area contributed by atoms with Gasteiger partial charge in [-0.1, -0.05) is 0 Å². The SMILES string of the molecule is NC(CO)CNC[C@H]1O[C@H](OC2[C@@H](N)C[C@@H](NC(=O)C3(O)CC3N)[C@H](O[C@H]3O[C@H](CO)[C@@H](O)[C@H](N)[C@H]3O)[C@H]2O)[C@H](O)[C@@H](O)[C@@H]1O. The number of carbonyl (C=O) groups is 1. The molecule has 0 radical (unpaired) electrons. The normalized spacial score (nSPS) is 49.4. The summed E-state index contributed by atoms with van der Waals surface area (Å²) in [6, 6.07) is -4.98. The van der Waals surface area contributed by atoms with E-state index in [1.807, 2.05) is 0 Å². The van der Waals surface area contributed by atoms with Crippen LogP contribution in [0, 0.1) is 0 Å². The minimum atomic E-state index is -1.86. The molecule has 1 amide bonds. The number of nitrogens with two attached hydrogens (primary N) is 4. The molecule has 19 N–H and O–H groups in total. The first-order valence-corrected chi connectivity index (χ1v) is 14.8. The van der Waals surface area contributed by atoms with Crippen molar-refractivity contribution in [1.82, 2.24) is 10.6 Å². The fourth-order valence-corrected chi connectivity index (χ4v) is 5.78. The van der Waals surface area contributed by atoms with Crippen LogP contribution in [0.3, 0.4) is 0 Å². The van der Waals surface area contributed by atoms with Crippen LogP contribution in [-0.2, 0) is 23.7 Å². The molecule has 2 saturated heterocycles. The maximum absolute atomic E-state index is 12.9. The number of ether oxygens (including phenoxy) is 4. The fraction of sp³-hybridized carbons (Fsp3) is 0.960. The van der Waals surface area contributed by atoms with Crippen molar-refractivity contribution in [1.29, 1.82) is 0 Å². The van der Waals surface area contributed by atoms with Gasteiger partial charge in [-0.15, -0.1) is 0 Å². The molecule has 0 spiro atoms. The highest BCUT2D eigenvalue weighted by atomic mass is 16.7. The van der Waals surface area contributed by atoms with Crippen LogP contribution < -0.4 is 33.6 Å². The van der Waals surface area contributed by atoms with Gasteiger partial charge >= 0.3 is 0 Å². The number of rotatable bonds is 12. The van der Waals surface area contributed by atoms with E-state index >= 15 is 0 Å². The molecule has 45 heavy (non-hydrogen) atoms. The zero-order valence-electron chi connectivity index (χ0n) is 24.4. The van der Waals surface area contributed by atoms with Gasteiger partial charge in [0.1, 0.15) is 61.0 Å². The predicted octanol–water partition coefficient (Wildman–Crippen LogP) is -9.72. The molecular weight excluding hydrogens is 608 g/mol. The Bertz CT molecular complexity index is 991. The van der Waals surface area contributed by atoms with Crippen molar-refractivity contribution in [2.24, 2.45) is 22.9 Å². The largest absolute Gasteiger partial charge is 0.395 e. The summed E-state index contributed by atoms with van der Waals surface area (Å²) in [6.07, 6.45) is -18.7. The maximum atomic E-state index is 12.9. The second kappa shape index (κ2) is 14.9. The molecule has 2 heterocycles. The average molecular weight is 657 g/mol. The van der Waals surface area contributed by atoms with E-state index in [0.29, 0.717) is 0 Å². The third-order valence-corrected chi connectivity index (χ3v) is 8.89. The Kier molecular flexibility index (Phi) is 12.1. The van der Waals surface area contributed by atoms with E-state index in [4.69, 9.17) is 47.0 Å². The predicted molar refractivity (Wildman–Crippen MR) is 148 cm³/mol. The first-order chi connectivity index (χ1) is 21.1. The van der Waals surface area contributed by atoms with Gasteiger partial charge in [-0.2, -0.15) is 0 Å². The molecule has 18 atom stereocenters. The molecule has 262 valence electrons. The van der Waals surface area contributed by atoms with E-state index in [1.54, 1.807) is 0 Å². The molecule has 2 aliphatic carbocycles. The number of aliphatic hydroxyl groups is 9. The summed E-state index contributed by atoms with van der Waals surface area (Å²) < 4.78 is 22.9. The molecule has 0 aromatic heterocycles. The van der Waals surface area contributed by atoms with Crippen LogP contribution in [0.2, 0.25) is 0 Å². The quantitative estimate of drug-likeness (QED) is 0.0926. The lowest BCUT2D eigenvalue weighted by Gasteiger charge is -2.49. The lowest BCUT2D eigenvalue weighted by atomic mass is 9.83. The molecule has 2 aliphatic heterocycles. The number of nitrogens with one attached hydrogen (secondary N) is 2. The zero-order chi connectivity index (χ0) is 33.4. The van der Waals surface area contributed by atoms with Crippen molar-refractivity contribution in [2.45, 2.75) is 122 Å². The van der Waals surface area contributed by atoms with Crippen molar-refractivity contribution < 1.29 is 69.7 Å². The van der Waals surface area contributed by atoms with Crippen LogP contribution >= 0.6 is 0 Å². The van der Waals surface area contributed by atoms with Gasteiger partial charge in [0.25, 0.3) is 5.91 Å². The Morgan fingerprint density at radius 2 is 1.47 bits per heavy atom. The Labute approximate surface area is 258 Å². The summed E-state index contributed by atoms with van der Waals surface area (Å²) in [7, 11) is 0. The van der Waals surface area contributed by atoms with Crippen LogP contribution in [0.5, 0.6) is 0 Å². The summed E-state index contributed by atoms with van der Waals surface area (Å²) in [6.45, 7) is -0.932. The summed E-state index contributed by atoms with van der Waals surface area (Å²) in [5.41, 5.74) is 21.7. The molecule has 2 saturated carbocycles. The van der Waals surface area contributed by atoms with Gasteiger partial charge in [0.15, 0.2) is 18.2 Å². The standard InChI is InChI=1S/C25H48N6O14/c26-7(5-32)3-30-4-10-15(35)17(37)18(38)23(42-10)44-20-8(27)1-9(31-24(40)25(41)2-12(25)28)21(19(20)39)45-22-16(36)13(29)14(34)11(6-33)43-22/h7-23,30,32-39,41H,1-6,26-29H2,(H,31,40)/t7?,8-,9+,10+,11+,12?,13-,14+,15+,16+,17-,18+,19-,20?,21-,22+,23+,25?/m0/s1. The van der Waals surface area contributed by atoms with Gasteiger partial charge in [-0.05, 0) is 6.42 Å². The molecule has 0 aromatic rings. The molecule has 4 unspecified atom stereocenters. The van der Waals surface area contributed by atoms with Crippen LogP contribution in [0.25, 0.3) is 0 Å². The molecule has 20 nitrogen and oxygen atoms in total. The smallest absolute Gasteiger partial charge is 0.253 e. The number of hydrogen-bond acceptors (Lipinski definition) is 19. The van der Waals surface area contributed by atoms with Crippen LogP contribution in [0.4, 0.5) is 0 Å². The number of aliphatic hydroxyl groups excluding tert-OH is 8. The molecule has 4 rings (SSSR count). The van der Waals surface area contributed by atoms with Gasteiger partial charge in [0.05, 0.1) is 25.3 Å². The highest BCUT2D eigenvalue weighted by molar-refractivity contribution is 5.89. The summed E-state index contributed by atoms with van der Waals surface area (Å²) in [5.74, 6) is -0.864. The monoisotopic (exact) mass is 656 g/mol. The molecular formula is C25H48N6O14. The van der Waals surface area contributed by atoms with Crippen molar-refractivity contribution in [3.8, 4) is 0 Å². The van der Waals surface area contributed by atoms with E-state index in [-0.39, 0.29) is 32.5 Å². The third-order valence-electron chi connectivity index (χ3n) is 8.89. The first kappa shape index (κ1) is 36.6. The molecule has 0 bridgehead atoms. The molecule has 20 heteroatoms. The highest BCUT2D eigenvalue weighted by Crippen LogP contribution is 2.36. The Hall–Kier alpha value is -1.25. The van der Waals surface area contributed by atoms with E-state index in [0.717, 1.165) is 0 Å². The lowest BCUT2D eigenvalue weighted by Crippen LogP contribution is -2.69. The van der Waals surface area contributed by atoms with E-state index < -0.39 is 122 Å². The summed E-state index contributed by atoms with van der Waals surface area (Å²) >= 11 is 0. The van der Waals surface area contributed by atoms with E-state index in [2.05, 4.69) is 10.6 Å². The Morgan fingerprint density at radius 3 is 2.07 bits per heavy atom. The maximum Gasteiger partial charge on any atom is 0.253 e. The summed E-state index contributed by atoms with van der Waals surface area (Å²) in [5, 5.41) is 98.5. The van der Waals surface area contributed by atoms with Crippen LogP contribution in [0.1, 0.15) is 12.8 Å². The highest BCUT2D eigenvalue weighted by Gasteiger charge is 2.59. The first-order valence-electron chi connectivity index (χ1n) is 14.8. The Balaban J connectivity index is 1.52. The lowest BCUT2D eigenvalue weighted by molar-refractivity contribution is -0.333. The van der Waals surface area contributed by atoms with Crippen molar-refractivity contribution in [3.05, 3.63) is 0 Å². The topological polar surface area (TPSA) is 364 Å². The van der Waals surface area contributed by atoms with Crippen molar-refractivity contribution in [2.75, 3.05) is 26.3 Å². The second-order valence-corrected chi connectivity index (χ2v) is 12.3. The Morgan fingerprint density at radius 1 is 0.867 bits per heavy atom. The second-order valence-electron chi connectivity index (χ2n) is 12.3. The number of amides is 1.